The van der Waals surface area contributed by atoms with Gasteiger partial charge in [-0.1, -0.05) is 29.3 Å². The van der Waals surface area contributed by atoms with Crippen molar-refractivity contribution in [3.8, 4) is 17.3 Å². The fraction of sp³-hybridized carbons (Fsp3) is 0.462. The molecule has 1 aromatic carbocycles. The monoisotopic (exact) mass is 475 g/mol. The van der Waals surface area contributed by atoms with Gasteiger partial charge in [-0.15, -0.1) is 0 Å². The Balaban J connectivity index is 1.51. The zero-order valence-electron chi connectivity index (χ0n) is 21.1. The number of nitrogens with two attached hydrogens (primary N) is 1. The van der Waals surface area contributed by atoms with E-state index in [4.69, 9.17) is 15.6 Å². The normalized spacial score (nSPS) is 14.7. The Morgan fingerprint density at radius 1 is 1.20 bits per heavy atom. The minimum absolute atomic E-state index is 0.000138. The lowest BCUT2D eigenvalue weighted by atomic mass is 10.1. The number of nitriles is 1. The molecule has 2 N–H and O–H groups in total. The Labute approximate surface area is 206 Å². The second-order valence-corrected chi connectivity index (χ2v) is 10.3. The molecule has 1 aliphatic rings. The van der Waals surface area contributed by atoms with Crippen molar-refractivity contribution >= 4 is 11.9 Å². The molecule has 3 heterocycles. The van der Waals surface area contributed by atoms with Gasteiger partial charge in [-0.05, 0) is 53.0 Å². The van der Waals surface area contributed by atoms with Gasteiger partial charge >= 0.3 is 6.09 Å². The first-order valence-corrected chi connectivity index (χ1v) is 11.9. The third kappa shape index (κ3) is 5.48. The molecule has 4 rings (SSSR count). The Morgan fingerprint density at radius 2 is 1.86 bits per heavy atom. The van der Waals surface area contributed by atoms with Crippen molar-refractivity contribution in [3.05, 3.63) is 52.8 Å². The number of carbonyl (C=O) groups is 1. The number of carbonyl (C=O) groups excluding carboxylic acids is 1. The highest BCUT2D eigenvalue weighted by Gasteiger charge is 2.30. The van der Waals surface area contributed by atoms with E-state index in [0.717, 1.165) is 5.56 Å². The summed E-state index contributed by atoms with van der Waals surface area (Å²) in [5.74, 6) is 0.347. The van der Waals surface area contributed by atoms with Crippen molar-refractivity contribution in [2.45, 2.75) is 65.6 Å². The van der Waals surface area contributed by atoms with Crippen LogP contribution in [0.2, 0.25) is 0 Å². The number of amides is 1. The molecular weight excluding hydrogens is 442 g/mol. The van der Waals surface area contributed by atoms with Gasteiger partial charge in [0.2, 0.25) is 0 Å². The zero-order chi connectivity index (χ0) is 25.3. The van der Waals surface area contributed by atoms with Crippen LogP contribution in [0.4, 0.5) is 10.6 Å². The molecule has 1 fully saturated rings. The number of hydrogen-bond donors (Lipinski definition) is 1. The third-order valence-corrected chi connectivity index (χ3v) is 6.05. The fourth-order valence-electron chi connectivity index (χ4n) is 4.58. The summed E-state index contributed by atoms with van der Waals surface area (Å²) in [7, 11) is 0. The maximum atomic E-state index is 12.4. The summed E-state index contributed by atoms with van der Waals surface area (Å²) < 4.78 is 9.07. The highest BCUT2D eigenvalue weighted by atomic mass is 16.6. The number of aromatic nitrogens is 4. The topological polar surface area (TPSA) is 115 Å². The van der Waals surface area contributed by atoms with Crippen LogP contribution in [0.1, 0.15) is 61.9 Å². The summed E-state index contributed by atoms with van der Waals surface area (Å²) in [4.78, 5) is 14.1. The number of anilines is 1. The molecule has 0 saturated carbocycles. The molecule has 9 heteroatoms. The number of nitrogens with zero attached hydrogens (tertiary/aromatic N) is 6. The van der Waals surface area contributed by atoms with E-state index in [1.165, 1.54) is 16.7 Å². The maximum Gasteiger partial charge on any atom is 0.410 e. The zero-order valence-corrected chi connectivity index (χ0v) is 21.1. The number of nitrogen functional groups attached to an aromatic ring is 1. The predicted octanol–water partition coefficient (Wildman–Crippen LogP) is 4.44. The number of piperidine rings is 1. The average Bonchev–Trinajstić information content (AvgIpc) is 3.35. The van der Waals surface area contributed by atoms with Crippen molar-refractivity contribution < 1.29 is 9.53 Å². The number of likely N-dealkylation sites (tertiary alicyclic amines) is 1. The van der Waals surface area contributed by atoms with Crippen molar-refractivity contribution in [1.82, 2.24) is 24.5 Å². The highest BCUT2D eigenvalue weighted by molar-refractivity contribution is 5.72. The molecule has 9 nitrogen and oxygen atoms in total. The van der Waals surface area contributed by atoms with Crippen LogP contribution in [0.5, 0.6) is 0 Å². The lowest BCUT2D eigenvalue weighted by Crippen LogP contribution is -2.42. The molecule has 3 aromatic rings. The van der Waals surface area contributed by atoms with Crippen LogP contribution in [0.25, 0.3) is 11.3 Å². The summed E-state index contributed by atoms with van der Waals surface area (Å²) in [6.07, 6.45) is 4.68. The average molecular weight is 476 g/mol. The number of benzene rings is 1. The smallest absolute Gasteiger partial charge is 0.410 e. The second-order valence-electron chi connectivity index (χ2n) is 10.3. The Morgan fingerprint density at radius 3 is 2.46 bits per heavy atom. The highest BCUT2D eigenvalue weighted by Crippen LogP contribution is 2.32. The first-order chi connectivity index (χ1) is 16.5. The molecule has 1 aliphatic heterocycles. The number of aryl methyl sites for hydroxylation is 2. The molecule has 0 aliphatic carbocycles. The predicted molar refractivity (Wildman–Crippen MR) is 134 cm³/mol. The first kappa shape index (κ1) is 24.3. The van der Waals surface area contributed by atoms with Crippen molar-refractivity contribution in [2.75, 3.05) is 18.8 Å². The summed E-state index contributed by atoms with van der Waals surface area (Å²) >= 11 is 0. The maximum absolute atomic E-state index is 12.4. The Kier molecular flexibility index (Phi) is 6.57. The molecule has 0 atom stereocenters. The van der Waals surface area contributed by atoms with E-state index in [2.05, 4.69) is 43.2 Å². The van der Waals surface area contributed by atoms with Gasteiger partial charge in [0.05, 0.1) is 18.8 Å². The van der Waals surface area contributed by atoms with Gasteiger partial charge in [0, 0.05) is 24.8 Å². The van der Waals surface area contributed by atoms with E-state index in [9.17, 15) is 10.1 Å². The molecule has 0 unspecified atom stereocenters. The van der Waals surface area contributed by atoms with Gasteiger partial charge in [0.1, 0.15) is 28.7 Å². The molecule has 35 heavy (non-hydrogen) atoms. The van der Waals surface area contributed by atoms with Crippen LogP contribution in [0.3, 0.4) is 0 Å². The molecule has 0 spiro atoms. The molecule has 184 valence electrons. The molecule has 2 aromatic heterocycles. The lowest BCUT2D eigenvalue weighted by Gasteiger charge is -2.33. The van der Waals surface area contributed by atoms with Crippen molar-refractivity contribution in [1.29, 1.82) is 5.26 Å². The molecule has 1 amide bonds. The molecular formula is C26H33N7O2. The van der Waals surface area contributed by atoms with Crippen LogP contribution in [-0.2, 0) is 11.3 Å². The van der Waals surface area contributed by atoms with E-state index in [1.807, 2.05) is 31.6 Å². The summed E-state index contributed by atoms with van der Waals surface area (Å²) in [5.41, 5.74) is 11.1. The minimum Gasteiger partial charge on any atom is -0.444 e. The van der Waals surface area contributed by atoms with Crippen LogP contribution >= 0.6 is 0 Å². The Hall–Kier alpha value is -3.80. The first-order valence-electron chi connectivity index (χ1n) is 11.9. The minimum atomic E-state index is -0.528. The van der Waals surface area contributed by atoms with Gasteiger partial charge in [-0.2, -0.15) is 15.5 Å². The molecule has 1 saturated heterocycles. The summed E-state index contributed by atoms with van der Waals surface area (Å²) in [6.45, 7) is 11.5. The summed E-state index contributed by atoms with van der Waals surface area (Å²) in [5, 5.41) is 19.0. The largest absolute Gasteiger partial charge is 0.444 e. The van der Waals surface area contributed by atoms with Gasteiger partial charge in [-0.3, -0.25) is 4.68 Å². The number of hydrogen-bond acceptors (Lipinski definition) is 6. The SMILES string of the molecule is Cc1cc(C)cc(Cn2cc(-c3nn(C4CCN(C(=O)OC(C)(C)C)CC4)c(N)c3C#N)cn2)c1. The third-order valence-electron chi connectivity index (χ3n) is 6.05. The quantitative estimate of drug-likeness (QED) is 0.597. The second kappa shape index (κ2) is 9.45. The van der Waals surface area contributed by atoms with E-state index >= 15 is 0 Å². The van der Waals surface area contributed by atoms with E-state index in [0.29, 0.717) is 49.6 Å². The van der Waals surface area contributed by atoms with Gasteiger partial charge in [0.15, 0.2) is 0 Å². The van der Waals surface area contributed by atoms with Gasteiger partial charge in [-0.25, -0.2) is 9.48 Å². The standard InChI is InChI=1S/C26H33N7O2/c1-17-10-18(2)12-19(11-17)15-32-16-20(14-29-32)23-22(13-27)24(28)33(30-23)21-6-8-31(9-7-21)25(34)35-26(3,4)5/h10-12,14,16,21H,6-9,15,28H2,1-5H3. The van der Waals surface area contributed by atoms with Crippen LogP contribution in [0.15, 0.2) is 30.6 Å². The van der Waals surface area contributed by atoms with Crippen molar-refractivity contribution in [3.63, 3.8) is 0 Å². The lowest BCUT2D eigenvalue weighted by molar-refractivity contribution is 0.0185. The van der Waals surface area contributed by atoms with Gasteiger partial charge in [0.25, 0.3) is 0 Å². The van der Waals surface area contributed by atoms with E-state index in [-0.39, 0.29) is 12.1 Å². The number of ether oxygens (including phenoxy) is 1. The Bertz CT molecular complexity index is 1250. The van der Waals surface area contributed by atoms with E-state index < -0.39 is 5.60 Å². The van der Waals surface area contributed by atoms with Gasteiger partial charge < -0.3 is 15.4 Å². The molecule has 0 radical (unpaired) electrons. The fourth-order valence-corrected chi connectivity index (χ4v) is 4.58. The van der Waals surface area contributed by atoms with Crippen LogP contribution in [0, 0.1) is 25.2 Å². The number of rotatable bonds is 4. The molecule has 0 bridgehead atoms. The van der Waals surface area contributed by atoms with Crippen LogP contribution in [-0.4, -0.2) is 49.2 Å². The summed E-state index contributed by atoms with van der Waals surface area (Å²) in [6, 6.07) is 8.65. The van der Waals surface area contributed by atoms with Crippen molar-refractivity contribution in [2.24, 2.45) is 0 Å². The van der Waals surface area contributed by atoms with E-state index in [1.54, 1.807) is 15.8 Å². The van der Waals surface area contributed by atoms with Crippen LogP contribution < -0.4 is 5.73 Å².